The Bertz CT molecular complexity index is 633. The highest BCUT2D eigenvalue weighted by atomic mass is 19.1. The Hall–Kier alpha value is -2.90. The Kier molecular flexibility index (Phi) is 3.42. The summed E-state index contributed by atoms with van der Waals surface area (Å²) in [5, 5.41) is 12.9. The van der Waals surface area contributed by atoms with Crippen LogP contribution < -0.4 is 5.32 Å². The third kappa shape index (κ3) is 2.86. The second-order valence-corrected chi connectivity index (χ2v) is 3.50. The Labute approximate surface area is 106 Å². The fraction of sp³-hybridized carbons (Fsp3) is 0. The molecule has 0 spiro atoms. The first-order valence-electron chi connectivity index (χ1n) is 5.08. The number of nitro benzene ring substituents is 1. The van der Waals surface area contributed by atoms with Crippen LogP contribution in [0.5, 0.6) is 0 Å². The number of carbonyl (C=O) groups excluding carboxylic acids is 1. The summed E-state index contributed by atoms with van der Waals surface area (Å²) in [4.78, 5) is 29.0. The highest BCUT2D eigenvalue weighted by Crippen LogP contribution is 2.18. The van der Waals surface area contributed by atoms with Crippen molar-refractivity contribution >= 4 is 17.3 Å². The molecular formula is C11H7FN4O3. The van der Waals surface area contributed by atoms with E-state index in [1.165, 1.54) is 18.7 Å². The number of nitrogens with zero attached hydrogens (tertiary/aromatic N) is 3. The number of rotatable bonds is 3. The van der Waals surface area contributed by atoms with E-state index in [9.17, 15) is 19.3 Å². The smallest absolute Gasteiger partial charge is 0.270 e. The molecule has 0 aliphatic rings. The van der Waals surface area contributed by atoms with Gasteiger partial charge in [-0.25, -0.2) is 14.4 Å². The maximum absolute atomic E-state index is 13.5. The number of hydrogen-bond donors (Lipinski definition) is 1. The highest BCUT2D eigenvalue weighted by molar-refractivity contribution is 6.04. The van der Waals surface area contributed by atoms with Crippen LogP contribution in [-0.4, -0.2) is 20.8 Å². The van der Waals surface area contributed by atoms with E-state index in [4.69, 9.17) is 0 Å². The molecule has 1 heterocycles. The predicted octanol–water partition coefficient (Wildman–Crippen LogP) is 1.78. The zero-order chi connectivity index (χ0) is 13.8. The van der Waals surface area contributed by atoms with E-state index in [0.29, 0.717) is 0 Å². The molecule has 8 heteroatoms. The van der Waals surface area contributed by atoms with Crippen LogP contribution in [-0.2, 0) is 0 Å². The van der Waals surface area contributed by atoms with Gasteiger partial charge in [-0.3, -0.25) is 14.9 Å². The number of benzene rings is 1. The quantitative estimate of drug-likeness (QED) is 0.671. The van der Waals surface area contributed by atoms with Crippen molar-refractivity contribution in [3.63, 3.8) is 0 Å². The van der Waals surface area contributed by atoms with Gasteiger partial charge < -0.3 is 5.32 Å². The largest absolute Gasteiger partial charge is 0.319 e. The average molecular weight is 262 g/mol. The van der Waals surface area contributed by atoms with Crippen LogP contribution in [0.4, 0.5) is 15.8 Å². The maximum Gasteiger partial charge on any atom is 0.270 e. The molecule has 0 fully saturated rings. The van der Waals surface area contributed by atoms with E-state index in [1.807, 2.05) is 0 Å². The van der Waals surface area contributed by atoms with E-state index < -0.39 is 22.2 Å². The number of nitro groups is 1. The molecule has 1 amide bonds. The lowest BCUT2D eigenvalue weighted by atomic mass is 10.1. The van der Waals surface area contributed by atoms with Gasteiger partial charge in [-0.2, -0.15) is 0 Å². The van der Waals surface area contributed by atoms with Crippen molar-refractivity contribution in [3.8, 4) is 0 Å². The highest BCUT2D eigenvalue weighted by Gasteiger charge is 2.17. The summed E-state index contributed by atoms with van der Waals surface area (Å²) in [6, 6.07) is 2.72. The number of anilines is 1. The third-order valence-electron chi connectivity index (χ3n) is 2.22. The van der Waals surface area contributed by atoms with Crippen LogP contribution in [0.2, 0.25) is 0 Å². The Morgan fingerprint density at radius 3 is 2.63 bits per heavy atom. The van der Waals surface area contributed by atoms with Crippen molar-refractivity contribution in [2.24, 2.45) is 0 Å². The maximum atomic E-state index is 13.5. The summed E-state index contributed by atoms with van der Waals surface area (Å²) >= 11 is 0. The number of carbonyl (C=O) groups is 1. The average Bonchev–Trinajstić information content (AvgIpc) is 2.40. The van der Waals surface area contributed by atoms with Gasteiger partial charge in [-0.05, 0) is 6.07 Å². The molecule has 0 aliphatic heterocycles. The second-order valence-electron chi connectivity index (χ2n) is 3.50. The van der Waals surface area contributed by atoms with Crippen molar-refractivity contribution in [2.45, 2.75) is 0 Å². The van der Waals surface area contributed by atoms with Gasteiger partial charge in [0, 0.05) is 12.1 Å². The molecule has 1 aromatic carbocycles. The lowest BCUT2D eigenvalue weighted by Crippen LogP contribution is -2.14. The first-order valence-corrected chi connectivity index (χ1v) is 5.08. The fourth-order valence-corrected chi connectivity index (χ4v) is 1.36. The topological polar surface area (TPSA) is 98.0 Å². The van der Waals surface area contributed by atoms with Gasteiger partial charge in [0.15, 0.2) is 0 Å². The minimum absolute atomic E-state index is 0.262. The predicted molar refractivity (Wildman–Crippen MR) is 63.0 cm³/mol. The van der Waals surface area contributed by atoms with Gasteiger partial charge in [0.2, 0.25) is 0 Å². The van der Waals surface area contributed by atoms with Crippen molar-refractivity contribution < 1.29 is 14.1 Å². The van der Waals surface area contributed by atoms with E-state index in [1.54, 1.807) is 0 Å². The second kappa shape index (κ2) is 5.17. The van der Waals surface area contributed by atoms with Crippen molar-refractivity contribution in [3.05, 3.63) is 58.4 Å². The monoisotopic (exact) mass is 262 g/mol. The van der Waals surface area contributed by atoms with E-state index in [2.05, 4.69) is 15.3 Å². The van der Waals surface area contributed by atoms with Gasteiger partial charge in [-0.1, -0.05) is 0 Å². The molecule has 2 aromatic rings. The first kappa shape index (κ1) is 12.6. The molecule has 0 saturated carbocycles. The molecule has 19 heavy (non-hydrogen) atoms. The van der Waals surface area contributed by atoms with Gasteiger partial charge in [0.25, 0.3) is 11.6 Å². The summed E-state index contributed by atoms with van der Waals surface area (Å²) < 4.78 is 13.5. The van der Waals surface area contributed by atoms with Crippen molar-refractivity contribution in [1.82, 2.24) is 9.97 Å². The minimum Gasteiger partial charge on any atom is -0.319 e. The number of amides is 1. The zero-order valence-electron chi connectivity index (χ0n) is 9.41. The molecule has 0 aliphatic carbocycles. The summed E-state index contributed by atoms with van der Waals surface area (Å²) in [7, 11) is 0. The number of halogens is 1. The van der Waals surface area contributed by atoms with Crippen LogP contribution in [0.3, 0.4) is 0 Å². The molecule has 1 aromatic heterocycles. The molecule has 0 unspecified atom stereocenters. The third-order valence-corrected chi connectivity index (χ3v) is 2.22. The lowest BCUT2D eigenvalue weighted by molar-refractivity contribution is -0.384. The van der Waals surface area contributed by atoms with E-state index in [-0.39, 0.29) is 11.4 Å². The summed E-state index contributed by atoms with van der Waals surface area (Å²) in [6.45, 7) is 0. The van der Waals surface area contributed by atoms with Crippen LogP contribution >= 0.6 is 0 Å². The Morgan fingerprint density at radius 2 is 2.00 bits per heavy atom. The van der Waals surface area contributed by atoms with E-state index >= 15 is 0 Å². The molecule has 1 N–H and O–H groups in total. The summed E-state index contributed by atoms with van der Waals surface area (Å²) in [5.41, 5.74) is -0.521. The molecule has 0 radical (unpaired) electrons. The first-order chi connectivity index (χ1) is 9.08. The van der Waals surface area contributed by atoms with Crippen LogP contribution in [0.1, 0.15) is 10.4 Å². The summed E-state index contributed by atoms with van der Waals surface area (Å²) in [6.07, 6.45) is 3.91. The van der Waals surface area contributed by atoms with Gasteiger partial charge >= 0.3 is 0 Å². The molecule has 0 atom stereocenters. The Balaban J connectivity index is 2.28. The van der Waals surface area contributed by atoms with Gasteiger partial charge in [0.1, 0.15) is 12.1 Å². The van der Waals surface area contributed by atoms with Gasteiger partial charge in [-0.15, -0.1) is 0 Å². The van der Waals surface area contributed by atoms with Crippen LogP contribution in [0.15, 0.2) is 36.9 Å². The molecule has 96 valence electrons. The molecule has 7 nitrogen and oxygen atoms in total. The lowest BCUT2D eigenvalue weighted by Gasteiger charge is -2.04. The number of aromatic nitrogens is 2. The molecule has 0 saturated heterocycles. The number of non-ortho nitro benzene ring substituents is 1. The van der Waals surface area contributed by atoms with Crippen molar-refractivity contribution in [2.75, 3.05) is 5.32 Å². The van der Waals surface area contributed by atoms with Crippen molar-refractivity contribution in [1.29, 1.82) is 0 Å². The normalized spacial score (nSPS) is 9.95. The molecule has 0 bridgehead atoms. The standard InChI is InChI=1S/C11H7FN4O3/c12-10-2-1-8(16(18)19)3-9(10)11(17)15-7-4-13-6-14-5-7/h1-6H,(H,15,17). The fourth-order valence-electron chi connectivity index (χ4n) is 1.36. The van der Waals surface area contributed by atoms with Gasteiger partial charge in [0.05, 0.1) is 28.6 Å². The summed E-state index contributed by atoms with van der Waals surface area (Å²) in [5.74, 6) is -1.66. The molecular weight excluding hydrogens is 255 g/mol. The number of hydrogen-bond acceptors (Lipinski definition) is 5. The van der Waals surface area contributed by atoms with Crippen LogP contribution in [0.25, 0.3) is 0 Å². The zero-order valence-corrected chi connectivity index (χ0v) is 9.41. The number of nitrogens with one attached hydrogen (secondary N) is 1. The van der Waals surface area contributed by atoms with Crippen LogP contribution in [0, 0.1) is 15.9 Å². The Morgan fingerprint density at radius 1 is 1.32 bits per heavy atom. The molecule has 2 rings (SSSR count). The minimum atomic E-state index is -0.847. The SMILES string of the molecule is O=C(Nc1cncnc1)c1cc([N+](=O)[O-])ccc1F. The van der Waals surface area contributed by atoms with E-state index in [0.717, 1.165) is 18.2 Å².